The van der Waals surface area contributed by atoms with Gasteiger partial charge in [-0.1, -0.05) is 36.4 Å². The summed E-state index contributed by atoms with van der Waals surface area (Å²) in [5.41, 5.74) is 4.64. The maximum atomic E-state index is 15.7. The topological polar surface area (TPSA) is 416 Å². The number of phenols is 6. The largest absolute Gasteiger partial charge is 0.508 e. The standard InChI is InChI=1S/C60H51N7O19/c1-23-37(71)16-28-18-39(23)86-40-17-26(7-14-36(40)70)44(61)54(76)66-49-51(73)24-3-9-31(10-4-24)84-41-19-29-20-42(53(41)75)85-32-11-5-25(6-12-32)52(74)50-59(81)65-48(60(82)83-2)34-21-30(68)22-38(72)43(34)33-15-27(8-13-35(33)69)45(55(77)67-50)62-57(79)47(29)63-56(78)46(28)64-58(49)80/h3-22,44-52,68-75H,61H2,1-2H3,(H,62,79)(H,63,78)(H,64,80)(H,65,81)(H,66,76)(H,67,77)/t44-,45-,46+,47-,48-,49-,50+,51-,52-/m1/s1. The molecule has 0 aliphatic carbocycles. The summed E-state index contributed by atoms with van der Waals surface area (Å²) in [7, 11) is 0.974. The number of aromatic hydroxyl groups is 6. The van der Waals surface area contributed by atoms with E-state index < -0.39 is 142 Å². The van der Waals surface area contributed by atoms with E-state index in [0.717, 1.165) is 55.6 Å². The molecule has 6 heterocycles. The fraction of sp³-hybridized carbons (Fsp3) is 0.183. The van der Waals surface area contributed by atoms with Crippen LogP contribution in [0.25, 0.3) is 11.1 Å². The minimum absolute atomic E-state index is 0.00535. The van der Waals surface area contributed by atoms with Crippen LogP contribution in [0, 0.1) is 6.92 Å². The highest BCUT2D eigenvalue weighted by molar-refractivity contribution is 6.00. The molecule has 26 nitrogen and oxygen atoms in total. The van der Waals surface area contributed by atoms with E-state index in [0.29, 0.717) is 0 Å². The number of carbonyl (C=O) groups is 7. The third-order valence-electron chi connectivity index (χ3n) is 15.1. The van der Waals surface area contributed by atoms with E-state index in [9.17, 15) is 60.0 Å². The molecule has 0 radical (unpaired) electrons. The number of esters is 1. The third-order valence-corrected chi connectivity index (χ3v) is 15.1. The summed E-state index contributed by atoms with van der Waals surface area (Å²) in [5, 5.41) is 107. The van der Waals surface area contributed by atoms with Crippen LogP contribution in [0.4, 0.5) is 0 Å². The lowest BCUT2D eigenvalue weighted by molar-refractivity contribution is -0.146. The van der Waals surface area contributed by atoms with Crippen LogP contribution in [0.2, 0.25) is 0 Å². The van der Waals surface area contributed by atoms with E-state index in [4.69, 9.17) is 24.7 Å². The van der Waals surface area contributed by atoms with E-state index in [-0.39, 0.29) is 78.6 Å². The minimum atomic E-state index is -2.14. The summed E-state index contributed by atoms with van der Waals surface area (Å²) in [6.45, 7) is 1.42. The first-order chi connectivity index (χ1) is 41.0. The van der Waals surface area contributed by atoms with Gasteiger partial charge in [-0.15, -0.1) is 0 Å². The Morgan fingerprint density at radius 1 is 0.465 bits per heavy atom. The Morgan fingerprint density at radius 3 is 1.53 bits per heavy atom. The van der Waals surface area contributed by atoms with Gasteiger partial charge in [0.25, 0.3) is 0 Å². The van der Waals surface area contributed by atoms with Crippen LogP contribution >= 0.6 is 0 Å². The van der Waals surface area contributed by atoms with Gasteiger partial charge < -0.3 is 97.4 Å². The van der Waals surface area contributed by atoms with E-state index in [2.05, 4.69) is 31.9 Å². The number of aliphatic hydroxyl groups excluding tert-OH is 2. The molecule has 17 bridgehead atoms. The van der Waals surface area contributed by atoms with Gasteiger partial charge in [0.05, 0.1) is 7.11 Å². The Balaban J connectivity index is 1.14. The molecule has 6 amide bonds. The van der Waals surface area contributed by atoms with Gasteiger partial charge in [-0.2, -0.15) is 0 Å². The predicted molar refractivity (Wildman–Crippen MR) is 295 cm³/mol. The zero-order chi connectivity index (χ0) is 61.2. The summed E-state index contributed by atoms with van der Waals surface area (Å²) in [6, 6.07) is 10.1. The van der Waals surface area contributed by atoms with Crippen LogP contribution in [-0.4, -0.2) is 101 Å². The highest BCUT2D eigenvalue weighted by Gasteiger charge is 2.42. The Bertz CT molecular complexity index is 3990. The lowest BCUT2D eigenvalue weighted by Gasteiger charge is -2.31. The van der Waals surface area contributed by atoms with Crippen molar-refractivity contribution in [1.29, 1.82) is 0 Å². The van der Waals surface area contributed by atoms with Crippen molar-refractivity contribution in [1.82, 2.24) is 31.9 Å². The molecule has 86 heavy (non-hydrogen) atoms. The van der Waals surface area contributed by atoms with Crippen molar-refractivity contribution >= 4 is 41.4 Å². The van der Waals surface area contributed by atoms with Crippen LogP contribution in [0.5, 0.6) is 69.0 Å². The number of methoxy groups -OCH3 is 1. The number of ether oxygens (including phenoxy) is 4. The fourth-order valence-electron chi connectivity index (χ4n) is 10.4. The van der Waals surface area contributed by atoms with Crippen molar-refractivity contribution in [3.8, 4) is 80.1 Å². The first-order valence-electron chi connectivity index (χ1n) is 26.2. The van der Waals surface area contributed by atoms with Gasteiger partial charge in [-0.25, -0.2) is 4.79 Å². The van der Waals surface area contributed by atoms with Crippen LogP contribution in [0.15, 0.2) is 121 Å². The summed E-state index contributed by atoms with van der Waals surface area (Å²) in [6.07, 6.45) is -3.93. The number of rotatable bonds is 1. The molecule has 16 N–H and O–H groups in total. The number of aliphatic hydroxyl groups is 2. The highest BCUT2D eigenvalue weighted by Crippen LogP contribution is 2.47. The summed E-state index contributed by atoms with van der Waals surface area (Å²) >= 11 is 0. The molecule has 6 aliphatic rings. The van der Waals surface area contributed by atoms with Crippen LogP contribution in [0.3, 0.4) is 0 Å². The average molecular weight is 1170 g/mol. The van der Waals surface area contributed by atoms with E-state index >= 15 is 14.4 Å². The van der Waals surface area contributed by atoms with Crippen molar-refractivity contribution in [2.45, 2.75) is 61.4 Å². The van der Waals surface area contributed by atoms with Crippen LogP contribution in [-0.2, 0) is 38.3 Å². The minimum Gasteiger partial charge on any atom is -0.508 e. The van der Waals surface area contributed by atoms with Gasteiger partial charge in [0.15, 0.2) is 29.0 Å². The van der Waals surface area contributed by atoms with Crippen molar-refractivity contribution in [3.63, 3.8) is 0 Å². The average Bonchev–Trinajstić information content (AvgIpc) is 2.08. The summed E-state index contributed by atoms with van der Waals surface area (Å²) < 4.78 is 23.5. The second-order valence-corrected chi connectivity index (χ2v) is 20.5. The number of benzene rings is 7. The molecule has 9 atom stereocenters. The maximum Gasteiger partial charge on any atom is 0.333 e. The summed E-state index contributed by atoms with van der Waals surface area (Å²) in [4.78, 5) is 104. The van der Waals surface area contributed by atoms with Gasteiger partial charge in [0.2, 0.25) is 41.2 Å². The number of nitrogens with one attached hydrogen (secondary N) is 6. The number of hydrogen-bond acceptors (Lipinski definition) is 20. The van der Waals surface area contributed by atoms with Crippen molar-refractivity contribution in [2.24, 2.45) is 5.73 Å². The van der Waals surface area contributed by atoms with Gasteiger partial charge in [-0.05, 0) is 119 Å². The Labute approximate surface area is 485 Å². The molecule has 0 fully saturated rings. The molecule has 26 heteroatoms. The first-order valence-corrected chi connectivity index (χ1v) is 26.2. The maximum absolute atomic E-state index is 15.7. The molecule has 440 valence electrons. The quantitative estimate of drug-likeness (QED) is 0.104. The third kappa shape index (κ3) is 10.6. The molecule has 13 rings (SSSR count). The Kier molecular flexibility index (Phi) is 14.7. The zero-order valence-electron chi connectivity index (χ0n) is 44.9. The smallest absolute Gasteiger partial charge is 0.333 e. The normalized spacial score (nSPS) is 22.7. The Hall–Kier alpha value is -11.1. The molecular formula is C60H51N7O19. The zero-order valence-corrected chi connectivity index (χ0v) is 44.9. The van der Waals surface area contributed by atoms with Crippen molar-refractivity contribution < 1.29 is 93.4 Å². The molecule has 7 aromatic rings. The van der Waals surface area contributed by atoms with Crippen LogP contribution in [0.1, 0.15) is 86.9 Å². The van der Waals surface area contributed by atoms with E-state index in [1.165, 1.54) is 79.7 Å². The van der Waals surface area contributed by atoms with E-state index in [1.54, 1.807) is 0 Å². The molecule has 0 saturated heterocycles. The number of nitrogens with two attached hydrogens (primary N) is 1. The lowest BCUT2D eigenvalue weighted by atomic mass is 9.89. The van der Waals surface area contributed by atoms with E-state index in [1.807, 2.05) is 0 Å². The van der Waals surface area contributed by atoms with Gasteiger partial charge >= 0.3 is 5.97 Å². The molecule has 0 saturated carbocycles. The second kappa shape index (κ2) is 22.2. The molecule has 0 unspecified atom stereocenters. The molecule has 0 spiro atoms. The van der Waals surface area contributed by atoms with Crippen molar-refractivity contribution in [2.75, 3.05) is 7.11 Å². The lowest BCUT2D eigenvalue weighted by Crippen LogP contribution is -2.55. The number of hydrogen-bond donors (Lipinski definition) is 15. The number of phenolic OH excluding ortho intramolecular Hbond substituents is 6. The van der Waals surface area contributed by atoms with Crippen LogP contribution < -0.4 is 51.8 Å². The molecule has 0 aromatic heterocycles. The van der Waals surface area contributed by atoms with Gasteiger partial charge in [-0.3, -0.25) is 28.8 Å². The van der Waals surface area contributed by atoms with Gasteiger partial charge in [0.1, 0.15) is 88.7 Å². The number of amides is 6. The summed E-state index contributed by atoms with van der Waals surface area (Å²) in [5.74, 6) is -13.7. The Morgan fingerprint density at radius 2 is 0.942 bits per heavy atom. The predicted octanol–water partition coefficient (Wildman–Crippen LogP) is 3.57. The van der Waals surface area contributed by atoms with Crippen molar-refractivity contribution in [3.05, 3.63) is 166 Å². The SMILES string of the molecule is COC(=O)[C@@H]1NC(=O)[C@H]2NC(=O)[C@H](NC(=O)[C@@H]3NC(=O)[C@H]4NC(=O)[C@H](NC(=O)[C@H](N)c5ccc(O)c(c5)Oc5cc4cc(O)c5C)[C@H](O)c4ccc(cc4)Oc4cc3cc(c4O)Oc3ccc(cc3)[C@H]2O)c2ccc(O)c(c2)-c2c(O)cc(O)cc21. The monoisotopic (exact) mass is 1170 g/mol. The fourth-order valence-corrected chi connectivity index (χ4v) is 10.4. The number of fused-ring (bicyclic) bond motifs is 14. The highest BCUT2D eigenvalue weighted by atomic mass is 16.5. The molecular weight excluding hydrogens is 1120 g/mol. The molecule has 7 aromatic carbocycles. The first kappa shape index (κ1) is 56.8. The number of carbonyl (C=O) groups excluding carboxylic acids is 7. The molecule has 6 aliphatic heterocycles. The second-order valence-electron chi connectivity index (χ2n) is 20.5. The van der Waals surface area contributed by atoms with Gasteiger partial charge in [0, 0.05) is 28.3 Å².